The van der Waals surface area contributed by atoms with E-state index in [4.69, 9.17) is 9.47 Å². The molecule has 2 aliphatic rings. The van der Waals surface area contributed by atoms with E-state index in [0.717, 1.165) is 36.1 Å². The van der Waals surface area contributed by atoms with Crippen molar-refractivity contribution in [2.45, 2.75) is 54.8 Å². The highest BCUT2D eigenvalue weighted by atomic mass is 32.2. The van der Waals surface area contributed by atoms with E-state index in [-0.39, 0.29) is 36.2 Å². The molecule has 4 aromatic carbocycles. The molecule has 0 radical (unpaired) electrons. The molecule has 0 amide bonds. The van der Waals surface area contributed by atoms with Crippen LogP contribution in [0.5, 0.6) is 0 Å². The summed E-state index contributed by atoms with van der Waals surface area (Å²) in [5, 5.41) is 19.7. The van der Waals surface area contributed by atoms with Crippen LogP contribution in [0.4, 0.5) is 5.69 Å². The zero-order valence-corrected chi connectivity index (χ0v) is 25.2. The molecule has 2 aliphatic heterocycles. The monoisotopic (exact) mass is 614 g/mol. The van der Waals surface area contributed by atoms with Crippen molar-refractivity contribution in [3.63, 3.8) is 0 Å². The molecule has 0 spiro atoms. The van der Waals surface area contributed by atoms with Crippen LogP contribution in [0.15, 0.2) is 114 Å². The van der Waals surface area contributed by atoms with Crippen molar-refractivity contribution in [1.29, 1.82) is 0 Å². The topological polar surface area (TPSA) is 108 Å². The fourth-order valence-corrected chi connectivity index (χ4v) is 7.37. The van der Waals surface area contributed by atoms with Crippen LogP contribution in [-0.4, -0.2) is 55.4 Å². The molecule has 3 N–H and O–H groups in total. The largest absolute Gasteiger partial charge is 0.395 e. The highest BCUT2D eigenvalue weighted by Gasteiger charge is 2.43. The van der Waals surface area contributed by atoms with Crippen LogP contribution < -0.4 is 4.72 Å². The molecule has 6 rings (SSSR count). The molecule has 0 aliphatic carbocycles. The number of benzene rings is 4. The van der Waals surface area contributed by atoms with E-state index in [9.17, 15) is 18.6 Å². The van der Waals surface area contributed by atoms with Crippen LogP contribution in [0.1, 0.15) is 53.4 Å². The van der Waals surface area contributed by atoms with E-state index in [1.54, 1.807) is 48.5 Å². The molecule has 2 saturated heterocycles. The predicted molar refractivity (Wildman–Crippen MR) is 168 cm³/mol. The Balaban J connectivity index is 1.36. The summed E-state index contributed by atoms with van der Waals surface area (Å²) in [5.41, 5.74) is 3.94. The van der Waals surface area contributed by atoms with Crippen molar-refractivity contribution in [3.05, 3.63) is 131 Å². The van der Waals surface area contributed by atoms with Gasteiger partial charge in [0.25, 0.3) is 10.0 Å². The summed E-state index contributed by atoms with van der Waals surface area (Å²) in [7, 11) is -3.78. The van der Waals surface area contributed by atoms with Crippen molar-refractivity contribution >= 4 is 15.7 Å². The van der Waals surface area contributed by atoms with Gasteiger partial charge in [0, 0.05) is 29.8 Å². The highest BCUT2D eigenvalue weighted by molar-refractivity contribution is 7.92. The average molecular weight is 615 g/mol. The van der Waals surface area contributed by atoms with E-state index in [1.165, 1.54) is 0 Å². The number of hydrogen-bond donors (Lipinski definition) is 3. The number of nitrogens with zero attached hydrogens (tertiary/aromatic N) is 1. The first-order valence-electron chi connectivity index (χ1n) is 15.0. The summed E-state index contributed by atoms with van der Waals surface area (Å²) in [6.45, 7) is 1.53. The zero-order chi connectivity index (χ0) is 30.5. The first kappa shape index (κ1) is 30.5. The normalized spacial score (nSPS) is 24.3. The highest BCUT2D eigenvalue weighted by Crippen LogP contribution is 2.47. The second-order valence-corrected chi connectivity index (χ2v) is 13.1. The van der Waals surface area contributed by atoms with Gasteiger partial charge in [0.2, 0.25) is 0 Å². The van der Waals surface area contributed by atoms with Gasteiger partial charge in [-0.25, -0.2) is 8.42 Å². The third-order valence-corrected chi connectivity index (χ3v) is 9.96. The van der Waals surface area contributed by atoms with Gasteiger partial charge in [0.15, 0.2) is 6.29 Å². The Hall–Kier alpha value is -3.57. The fourth-order valence-electron chi connectivity index (χ4n) is 6.30. The Morgan fingerprint density at radius 1 is 0.795 bits per heavy atom. The minimum absolute atomic E-state index is 0.0501. The maximum Gasteiger partial charge on any atom is 0.261 e. The van der Waals surface area contributed by atoms with Gasteiger partial charge in [-0.05, 0) is 60.3 Å². The number of anilines is 1. The third-order valence-electron chi connectivity index (χ3n) is 8.56. The molecule has 4 aromatic rings. The summed E-state index contributed by atoms with van der Waals surface area (Å²) < 4.78 is 42.4. The van der Waals surface area contributed by atoms with Gasteiger partial charge in [-0.3, -0.25) is 9.62 Å². The van der Waals surface area contributed by atoms with E-state index in [1.807, 2.05) is 48.5 Å². The van der Waals surface area contributed by atoms with Gasteiger partial charge >= 0.3 is 0 Å². The molecule has 5 atom stereocenters. The Morgan fingerprint density at radius 3 is 2.20 bits per heavy atom. The molecular formula is C35H38N2O6S. The van der Waals surface area contributed by atoms with Crippen LogP contribution in [0, 0.1) is 0 Å². The van der Waals surface area contributed by atoms with Crippen molar-refractivity contribution in [1.82, 2.24) is 4.90 Å². The molecule has 0 bridgehead atoms. The van der Waals surface area contributed by atoms with Gasteiger partial charge in [-0.15, -0.1) is 0 Å². The number of ether oxygens (including phenoxy) is 2. The van der Waals surface area contributed by atoms with E-state index in [0.29, 0.717) is 17.8 Å². The standard InChI is InChI=1S/C35H38N2O6S/c38-23-25-16-18-27(19-17-25)34-33(26-9-3-1-4-10-26)32(22-37-20-8-13-30(37)24-39)42-35(43-34)28-11-7-12-29(21-28)36-44(40,41)31-14-5-2-6-15-31/h1-7,9-12,14-19,21,30,32-36,38-39H,8,13,20,22-24H2. The smallest absolute Gasteiger partial charge is 0.261 e. The van der Waals surface area contributed by atoms with Crippen molar-refractivity contribution in [2.75, 3.05) is 24.4 Å². The summed E-state index contributed by atoms with van der Waals surface area (Å²) in [4.78, 5) is 2.48. The quantitative estimate of drug-likeness (QED) is 0.220. The molecule has 8 nitrogen and oxygen atoms in total. The number of rotatable bonds is 10. The van der Waals surface area contributed by atoms with Crippen molar-refractivity contribution in [2.24, 2.45) is 0 Å². The second kappa shape index (κ2) is 13.6. The molecule has 0 aromatic heterocycles. The first-order chi connectivity index (χ1) is 21.4. The summed E-state index contributed by atoms with van der Waals surface area (Å²) in [6.07, 6.45) is 0.487. The number of sulfonamides is 1. The van der Waals surface area contributed by atoms with Gasteiger partial charge < -0.3 is 19.7 Å². The third kappa shape index (κ3) is 6.73. The van der Waals surface area contributed by atoms with Gasteiger partial charge in [0.1, 0.15) is 0 Å². The van der Waals surface area contributed by atoms with E-state index < -0.39 is 22.4 Å². The Labute approximate surface area is 258 Å². The molecule has 5 unspecified atom stereocenters. The SMILES string of the molecule is O=S(=O)(Nc1cccc(C2OC(CN3CCCC3CO)C(c3ccccc3)C(c3ccc(CO)cc3)O2)c1)c1ccccc1. The average Bonchev–Trinajstić information content (AvgIpc) is 3.52. The molecule has 2 fully saturated rings. The minimum atomic E-state index is -3.78. The number of hydrogen-bond acceptors (Lipinski definition) is 7. The van der Waals surface area contributed by atoms with Crippen molar-refractivity contribution < 1.29 is 28.1 Å². The molecule has 2 heterocycles. The van der Waals surface area contributed by atoms with E-state index in [2.05, 4.69) is 21.8 Å². The maximum atomic E-state index is 13.1. The lowest BCUT2D eigenvalue weighted by Gasteiger charge is -2.44. The van der Waals surface area contributed by atoms with Gasteiger partial charge in [0.05, 0.1) is 30.3 Å². The zero-order valence-electron chi connectivity index (χ0n) is 24.4. The number of nitrogens with one attached hydrogen (secondary N) is 1. The second-order valence-electron chi connectivity index (χ2n) is 11.4. The number of likely N-dealkylation sites (tertiary alicyclic amines) is 1. The van der Waals surface area contributed by atoms with Gasteiger partial charge in [-0.1, -0.05) is 84.9 Å². The van der Waals surface area contributed by atoms with Crippen molar-refractivity contribution in [3.8, 4) is 0 Å². The molecule has 9 heteroatoms. The lowest BCUT2D eigenvalue weighted by atomic mass is 9.83. The number of aliphatic hydroxyl groups is 2. The van der Waals surface area contributed by atoms with Crippen LogP contribution in [0.3, 0.4) is 0 Å². The Kier molecular flexibility index (Phi) is 9.42. The molecule has 230 valence electrons. The number of aliphatic hydroxyl groups excluding tert-OH is 2. The molecule has 0 saturated carbocycles. The maximum absolute atomic E-state index is 13.1. The lowest BCUT2D eigenvalue weighted by molar-refractivity contribution is -0.264. The van der Waals surface area contributed by atoms with Gasteiger partial charge in [-0.2, -0.15) is 0 Å². The summed E-state index contributed by atoms with van der Waals surface area (Å²) in [6, 6.07) is 33.4. The summed E-state index contributed by atoms with van der Waals surface area (Å²) in [5.74, 6) is -0.160. The lowest BCUT2D eigenvalue weighted by Crippen LogP contribution is -2.46. The predicted octanol–water partition coefficient (Wildman–Crippen LogP) is 5.38. The van der Waals surface area contributed by atoms with E-state index >= 15 is 0 Å². The molecule has 44 heavy (non-hydrogen) atoms. The summed E-state index contributed by atoms with van der Waals surface area (Å²) >= 11 is 0. The fraction of sp³-hybridized carbons (Fsp3) is 0.314. The Morgan fingerprint density at radius 2 is 1.50 bits per heavy atom. The molecular weight excluding hydrogens is 576 g/mol. The minimum Gasteiger partial charge on any atom is -0.395 e. The van der Waals surface area contributed by atoms with Crippen LogP contribution in [-0.2, 0) is 26.1 Å². The Bertz CT molecular complexity index is 1620. The first-order valence-corrected chi connectivity index (χ1v) is 16.5. The van der Waals surface area contributed by atoms with Crippen LogP contribution >= 0.6 is 0 Å². The van der Waals surface area contributed by atoms with Crippen LogP contribution in [0.2, 0.25) is 0 Å². The van der Waals surface area contributed by atoms with Crippen LogP contribution in [0.25, 0.3) is 0 Å².